The average molecular weight is 133 g/mol. The first kappa shape index (κ1) is 7.65. The van der Waals surface area contributed by atoms with Gasteiger partial charge in [0.2, 0.25) is 0 Å². The van der Waals surface area contributed by atoms with Crippen LogP contribution < -0.4 is 0 Å². The quantitative estimate of drug-likeness (QED) is 0.469. The molecule has 4 heteroatoms. The summed E-state index contributed by atoms with van der Waals surface area (Å²) in [4.78, 5) is 10.1. The Labute approximate surface area is 51.9 Å². The molecule has 1 heterocycles. The van der Waals surface area contributed by atoms with Crippen LogP contribution in [0.1, 0.15) is 0 Å². The van der Waals surface area contributed by atoms with Crippen LogP contribution in [-0.2, 0) is 4.79 Å². The van der Waals surface area contributed by atoms with E-state index in [1.807, 2.05) is 0 Å². The van der Waals surface area contributed by atoms with E-state index < -0.39 is 0 Å². The van der Waals surface area contributed by atoms with Gasteiger partial charge < -0.3 is 5.11 Å². The van der Waals surface area contributed by atoms with Crippen LogP contribution in [0.25, 0.3) is 0 Å². The molecule has 8 heavy (non-hydrogen) atoms. The number of hydrogen-bond acceptors (Lipinski definition) is 4. The molecule has 1 N–H and O–H groups in total. The highest BCUT2D eigenvalue weighted by atomic mass is 32.2. The van der Waals surface area contributed by atoms with E-state index in [0.29, 0.717) is 5.75 Å². The van der Waals surface area contributed by atoms with Crippen LogP contribution in [0.3, 0.4) is 0 Å². The van der Waals surface area contributed by atoms with Gasteiger partial charge in [-0.15, -0.1) is 0 Å². The fourth-order valence-electron chi connectivity index (χ4n) is 0.234. The number of aliphatic hydroxyl groups is 1. The number of ketones is 1. The third-order valence-corrected chi connectivity index (χ3v) is 1.15. The largest absolute Gasteiger partial charge is 0.400 e. The molecule has 0 saturated carbocycles. The number of aliphatic hydroxyl groups excluding tert-OH is 1. The lowest BCUT2D eigenvalue weighted by molar-refractivity contribution is -0.110. The highest BCUT2D eigenvalue weighted by Gasteiger charge is 2.01. The number of rotatable bonds is 0. The van der Waals surface area contributed by atoms with Crippen LogP contribution in [0.5, 0.6) is 0 Å². The number of nitrogens with zero attached hydrogens (tertiary/aromatic N) is 1. The van der Waals surface area contributed by atoms with Crippen molar-refractivity contribution in [2.45, 2.75) is 0 Å². The number of carbonyl (C=O) groups excluding carboxylic acids is 1. The molecule has 46 valence electrons. The molecule has 1 aliphatic rings. The number of carbonyl (C=O) groups is 1. The van der Waals surface area contributed by atoms with Gasteiger partial charge in [-0.1, -0.05) is 0 Å². The Morgan fingerprint density at radius 3 is 2.62 bits per heavy atom. The highest BCUT2D eigenvalue weighted by Crippen LogP contribution is 2.05. The van der Waals surface area contributed by atoms with Gasteiger partial charge in [0, 0.05) is 7.11 Å². The zero-order valence-electron chi connectivity index (χ0n) is 4.50. The molecular formula is C4H7NO2S. The normalized spacial score (nSPS) is 15.5. The maximum atomic E-state index is 10.1. The molecule has 0 atom stereocenters. The van der Waals surface area contributed by atoms with Gasteiger partial charge in [0.25, 0.3) is 0 Å². The van der Waals surface area contributed by atoms with Crippen molar-refractivity contribution in [1.29, 1.82) is 0 Å². The van der Waals surface area contributed by atoms with Crippen molar-refractivity contribution in [3.8, 4) is 0 Å². The van der Waals surface area contributed by atoms with Crippen molar-refractivity contribution in [2.24, 2.45) is 4.40 Å². The van der Waals surface area contributed by atoms with Crippen molar-refractivity contribution >= 4 is 23.9 Å². The molecule has 1 aliphatic heterocycles. The summed E-state index contributed by atoms with van der Waals surface area (Å²) < 4.78 is 3.61. The van der Waals surface area contributed by atoms with E-state index in [4.69, 9.17) is 5.11 Å². The third-order valence-electron chi connectivity index (χ3n) is 0.478. The summed E-state index contributed by atoms with van der Waals surface area (Å²) in [5, 5.41) is 7.00. The fraction of sp³-hybridized carbons (Fsp3) is 0.500. The molecular weight excluding hydrogens is 126 g/mol. The van der Waals surface area contributed by atoms with Crippen LogP contribution >= 0.6 is 11.9 Å². The molecule has 0 amide bonds. The van der Waals surface area contributed by atoms with Gasteiger partial charge in [-0.2, -0.15) is 0 Å². The second-order valence-corrected chi connectivity index (χ2v) is 1.73. The molecule has 0 radical (unpaired) electrons. The monoisotopic (exact) mass is 133 g/mol. The minimum atomic E-state index is 0.125. The third kappa shape index (κ3) is 2.76. The maximum Gasteiger partial charge on any atom is 0.186 e. The smallest absolute Gasteiger partial charge is 0.186 e. The predicted molar refractivity (Wildman–Crippen MR) is 34.1 cm³/mol. The number of hydrogen-bond donors (Lipinski definition) is 1. The molecule has 0 aliphatic carbocycles. The van der Waals surface area contributed by atoms with E-state index >= 15 is 0 Å². The first-order valence-electron chi connectivity index (χ1n) is 2.02. The summed E-state index contributed by atoms with van der Waals surface area (Å²) in [6, 6.07) is 0. The van der Waals surface area contributed by atoms with Crippen molar-refractivity contribution in [1.82, 2.24) is 0 Å². The Balaban J connectivity index is 0.000000222. The minimum absolute atomic E-state index is 0.125. The summed E-state index contributed by atoms with van der Waals surface area (Å²) in [7, 11) is 1.00. The van der Waals surface area contributed by atoms with Crippen molar-refractivity contribution < 1.29 is 9.90 Å². The van der Waals surface area contributed by atoms with Gasteiger partial charge in [-0.3, -0.25) is 4.79 Å². The SMILES string of the molecule is CO.O=C1C=NSC1. The van der Waals surface area contributed by atoms with E-state index in [9.17, 15) is 4.79 Å². The Kier molecular flexibility index (Phi) is 4.59. The lowest BCUT2D eigenvalue weighted by Gasteiger charge is -1.67. The van der Waals surface area contributed by atoms with E-state index in [0.717, 1.165) is 7.11 Å². The first-order valence-corrected chi connectivity index (χ1v) is 2.97. The fourth-order valence-corrected chi connectivity index (χ4v) is 0.703. The van der Waals surface area contributed by atoms with Gasteiger partial charge in [0.15, 0.2) is 5.78 Å². The van der Waals surface area contributed by atoms with Gasteiger partial charge in [0.05, 0.1) is 12.0 Å². The number of Topliss-reactive ketones (excluding diaryl/α,β-unsaturated/α-hetero) is 1. The minimum Gasteiger partial charge on any atom is -0.400 e. The zero-order valence-corrected chi connectivity index (χ0v) is 5.31. The summed E-state index contributed by atoms with van der Waals surface area (Å²) >= 11 is 1.30. The van der Waals surface area contributed by atoms with Crippen molar-refractivity contribution in [3.05, 3.63) is 0 Å². The maximum absolute atomic E-state index is 10.1. The molecule has 0 spiro atoms. The second kappa shape index (κ2) is 4.80. The second-order valence-electron chi connectivity index (χ2n) is 0.974. The van der Waals surface area contributed by atoms with Gasteiger partial charge >= 0.3 is 0 Å². The topological polar surface area (TPSA) is 49.7 Å². The Morgan fingerprint density at radius 2 is 2.50 bits per heavy atom. The zero-order chi connectivity index (χ0) is 6.41. The lowest BCUT2D eigenvalue weighted by atomic mass is 10.5. The van der Waals surface area contributed by atoms with E-state index in [-0.39, 0.29) is 5.78 Å². The summed E-state index contributed by atoms with van der Waals surface area (Å²) in [5.41, 5.74) is 0. The van der Waals surface area contributed by atoms with Crippen LogP contribution in [0, 0.1) is 0 Å². The predicted octanol–water partition coefficient (Wildman–Crippen LogP) is -0.103. The average Bonchev–Trinajstić information content (AvgIpc) is 2.24. The molecule has 0 aromatic heterocycles. The molecule has 0 fully saturated rings. The van der Waals surface area contributed by atoms with Gasteiger partial charge in [0.1, 0.15) is 0 Å². The van der Waals surface area contributed by atoms with Crippen LogP contribution in [0.2, 0.25) is 0 Å². The first-order chi connectivity index (χ1) is 3.89. The van der Waals surface area contributed by atoms with Crippen LogP contribution in [0.4, 0.5) is 0 Å². The van der Waals surface area contributed by atoms with Gasteiger partial charge in [-0.05, 0) is 11.9 Å². The van der Waals surface area contributed by atoms with E-state index in [1.165, 1.54) is 18.2 Å². The molecule has 3 nitrogen and oxygen atoms in total. The summed E-state index contributed by atoms with van der Waals surface area (Å²) in [6.07, 6.45) is 1.35. The molecule has 0 unspecified atom stereocenters. The Hall–Kier alpha value is -0.350. The summed E-state index contributed by atoms with van der Waals surface area (Å²) in [6.45, 7) is 0. The Morgan fingerprint density at radius 1 is 1.88 bits per heavy atom. The Bertz CT molecular complexity index is 102. The van der Waals surface area contributed by atoms with Crippen molar-refractivity contribution in [2.75, 3.05) is 12.9 Å². The van der Waals surface area contributed by atoms with Crippen LogP contribution in [0.15, 0.2) is 4.40 Å². The van der Waals surface area contributed by atoms with E-state index in [2.05, 4.69) is 4.40 Å². The van der Waals surface area contributed by atoms with Gasteiger partial charge in [-0.25, -0.2) is 4.40 Å². The lowest BCUT2D eigenvalue weighted by Crippen LogP contribution is -1.93. The summed E-state index contributed by atoms with van der Waals surface area (Å²) in [5.74, 6) is 0.667. The molecule has 1 rings (SSSR count). The van der Waals surface area contributed by atoms with Crippen LogP contribution in [-0.4, -0.2) is 30.0 Å². The molecule has 0 bridgehead atoms. The molecule has 0 aromatic rings. The highest BCUT2D eigenvalue weighted by molar-refractivity contribution is 7.99. The van der Waals surface area contributed by atoms with E-state index in [1.54, 1.807) is 0 Å². The standard InChI is InChI=1S/C3H3NOS.CH4O/c5-3-1-4-6-2-3;1-2/h1H,2H2;2H,1H3. The van der Waals surface area contributed by atoms with Crippen molar-refractivity contribution in [3.63, 3.8) is 0 Å². The molecule has 0 saturated heterocycles. The molecule has 0 aromatic carbocycles.